The molecule has 148 valence electrons. The molecule has 0 bridgehead atoms. The van der Waals surface area contributed by atoms with Gasteiger partial charge in [0.05, 0.1) is 29.1 Å². The summed E-state index contributed by atoms with van der Waals surface area (Å²) in [6.07, 6.45) is 7.92. The van der Waals surface area contributed by atoms with E-state index in [9.17, 15) is 4.79 Å². The maximum Gasteiger partial charge on any atom is 0.262 e. The molecule has 7 N–H and O–H groups in total. The number of H-pyrrole nitrogens is 2. The molecular formula is C21H24N7O+. The third kappa shape index (κ3) is 3.31. The number of nitrogens with one attached hydrogen (secondary N) is 4. The highest BCUT2D eigenvalue weighted by Crippen LogP contribution is 2.29. The summed E-state index contributed by atoms with van der Waals surface area (Å²) in [6, 6.07) is 10.4. The third-order valence-corrected chi connectivity index (χ3v) is 5.71. The number of quaternary nitrogens is 1. The van der Waals surface area contributed by atoms with Crippen LogP contribution in [0.2, 0.25) is 0 Å². The first-order valence-electron chi connectivity index (χ1n) is 10.0. The third-order valence-electron chi connectivity index (χ3n) is 5.71. The minimum absolute atomic E-state index is 0.220. The molecule has 1 aliphatic carbocycles. The lowest BCUT2D eigenvalue weighted by Crippen LogP contribution is -2.68. The van der Waals surface area contributed by atoms with Crippen LogP contribution in [0.1, 0.15) is 25.7 Å². The van der Waals surface area contributed by atoms with E-state index >= 15 is 0 Å². The van der Waals surface area contributed by atoms with E-state index < -0.39 is 0 Å². The Labute approximate surface area is 167 Å². The minimum atomic E-state index is -0.220. The summed E-state index contributed by atoms with van der Waals surface area (Å²) in [5, 5.41) is 8.40. The molecule has 0 aliphatic heterocycles. The van der Waals surface area contributed by atoms with Gasteiger partial charge in [0.15, 0.2) is 0 Å². The van der Waals surface area contributed by atoms with Crippen molar-refractivity contribution in [1.29, 1.82) is 0 Å². The molecule has 0 saturated heterocycles. The average Bonchev–Trinajstić information content (AvgIpc) is 3.20. The maximum atomic E-state index is 12.5. The summed E-state index contributed by atoms with van der Waals surface area (Å²) in [5.74, 6) is 1.19. The minimum Gasteiger partial charge on any atom is -0.361 e. The molecule has 8 nitrogen and oxygen atoms in total. The van der Waals surface area contributed by atoms with Crippen LogP contribution in [-0.2, 0) is 0 Å². The van der Waals surface area contributed by atoms with E-state index in [4.69, 9.17) is 4.98 Å². The fourth-order valence-electron chi connectivity index (χ4n) is 4.16. The Morgan fingerprint density at radius 3 is 2.93 bits per heavy atom. The van der Waals surface area contributed by atoms with Crippen LogP contribution in [0.5, 0.6) is 0 Å². The van der Waals surface area contributed by atoms with Crippen LogP contribution in [0.3, 0.4) is 0 Å². The molecule has 0 spiro atoms. The molecule has 3 aromatic heterocycles. The number of anilines is 3. The van der Waals surface area contributed by atoms with E-state index in [1.807, 2.05) is 36.5 Å². The number of nitrogens with zero attached hydrogens (tertiary/aromatic N) is 2. The van der Waals surface area contributed by atoms with Crippen molar-refractivity contribution in [2.75, 3.05) is 10.6 Å². The predicted octanol–water partition coefficient (Wildman–Crippen LogP) is 2.51. The van der Waals surface area contributed by atoms with E-state index in [1.165, 1.54) is 19.2 Å². The van der Waals surface area contributed by atoms with E-state index in [0.717, 1.165) is 29.4 Å². The lowest BCUT2D eigenvalue weighted by atomic mass is 9.91. The quantitative estimate of drug-likeness (QED) is 0.366. The van der Waals surface area contributed by atoms with Gasteiger partial charge in [-0.1, -0.05) is 18.6 Å². The smallest absolute Gasteiger partial charge is 0.262 e. The van der Waals surface area contributed by atoms with Gasteiger partial charge in [0.2, 0.25) is 0 Å². The van der Waals surface area contributed by atoms with Gasteiger partial charge in [0.25, 0.3) is 5.56 Å². The molecule has 1 fully saturated rings. The van der Waals surface area contributed by atoms with Crippen molar-refractivity contribution in [1.82, 2.24) is 19.9 Å². The first-order valence-corrected chi connectivity index (χ1v) is 10.0. The fourth-order valence-corrected chi connectivity index (χ4v) is 4.16. The molecular weight excluding hydrogens is 366 g/mol. The van der Waals surface area contributed by atoms with Crippen molar-refractivity contribution in [3.8, 4) is 0 Å². The van der Waals surface area contributed by atoms with Crippen LogP contribution in [0, 0.1) is 0 Å². The van der Waals surface area contributed by atoms with Gasteiger partial charge in [0.1, 0.15) is 23.1 Å². The molecule has 1 aromatic carbocycles. The van der Waals surface area contributed by atoms with Crippen LogP contribution in [0.4, 0.5) is 17.3 Å². The largest absolute Gasteiger partial charge is 0.361 e. The van der Waals surface area contributed by atoms with Crippen molar-refractivity contribution in [3.05, 3.63) is 53.2 Å². The Morgan fingerprint density at radius 1 is 1.14 bits per heavy atom. The molecule has 8 heteroatoms. The first-order chi connectivity index (χ1) is 14.2. The average molecular weight is 390 g/mol. The van der Waals surface area contributed by atoms with Crippen molar-refractivity contribution >= 4 is 39.1 Å². The molecule has 0 radical (unpaired) electrons. The Balaban J connectivity index is 1.59. The Bertz CT molecular complexity index is 1230. The molecule has 5 rings (SSSR count). The molecule has 1 saturated carbocycles. The van der Waals surface area contributed by atoms with Gasteiger partial charge in [-0.15, -0.1) is 0 Å². The second-order valence-electron chi connectivity index (χ2n) is 7.65. The van der Waals surface area contributed by atoms with Crippen LogP contribution in [-0.4, -0.2) is 32.0 Å². The number of aromatic amines is 2. The lowest BCUT2D eigenvalue weighted by Gasteiger charge is -2.27. The zero-order valence-corrected chi connectivity index (χ0v) is 16.0. The zero-order chi connectivity index (χ0) is 19.8. The Morgan fingerprint density at radius 2 is 2.03 bits per heavy atom. The van der Waals surface area contributed by atoms with Gasteiger partial charge in [-0.05, 0) is 25.0 Å². The summed E-state index contributed by atoms with van der Waals surface area (Å²) in [5.41, 5.74) is 6.49. The number of benzene rings is 1. The van der Waals surface area contributed by atoms with Crippen LogP contribution >= 0.6 is 0 Å². The van der Waals surface area contributed by atoms with Gasteiger partial charge in [0, 0.05) is 24.1 Å². The van der Waals surface area contributed by atoms with Crippen molar-refractivity contribution < 1.29 is 5.73 Å². The number of hydrogen-bond donors (Lipinski definition) is 5. The second-order valence-corrected chi connectivity index (χ2v) is 7.65. The van der Waals surface area contributed by atoms with E-state index in [-0.39, 0.29) is 11.6 Å². The molecule has 0 amide bonds. The Hall–Kier alpha value is -3.39. The van der Waals surface area contributed by atoms with Crippen LogP contribution in [0.15, 0.2) is 47.7 Å². The van der Waals surface area contributed by atoms with Gasteiger partial charge >= 0.3 is 0 Å². The molecule has 2 atom stereocenters. The van der Waals surface area contributed by atoms with Crippen LogP contribution in [0.25, 0.3) is 21.8 Å². The number of pyridine rings is 1. The summed E-state index contributed by atoms with van der Waals surface area (Å²) in [4.78, 5) is 27.6. The number of aromatic nitrogens is 4. The van der Waals surface area contributed by atoms with Crippen molar-refractivity contribution in [2.24, 2.45) is 0 Å². The molecule has 1 aliphatic rings. The van der Waals surface area contributed by atoms with Crippen molar-refractivity contribution in [3.63, 3.8) is 0 Å². The highest BCUT2D eigenvalue weighted by Gasteiger charge is 2.25. The van der Waals surface area contributed by atoms with Gasteiger partial charge in [-0.25, -0.2) is 9.97 Å². The topological polar surface area (TPSA) is 126 Å². The van der Waals surface area contributed by atoms with Crippen molar-refractivity contribution in [2.45, 2.75) is 37.8 Å². The van der Waals surface area contributed by atoms with Gasteiger partial charge < -0.3 is 26.3 Å². The molecule has 3 heterocycles. The highest BCUT2D eigenvalue weighted by molar-refractivity contribution is 5.97. The van der Waals surface area contributed by atoms with E-state index in [2.05, 4.69) is 31.3 Å². The summed E-state index contributed by atoms with van der Waals surface area (Å²) >= 11 is 0. The highest BCUT2D eigenvalue weighted by atomic mass is 16.1. The summed E-state index contributed by atoms with van der Waals surface area (Å²) < 4.78 is 0. The molecule has 29 heavy (non-hydrogen) atoms. The van der Waals surface area contributed by atoms with Gasteiger partial charge in [-0.2, -0.15) is 0 Å². The predicted molar refractivity (Wildman–Crippen MR) is 114 cm³/mol. The Kier molecular flexibility index (Phi) is 4.40. The van der Waals surface area contributed by atoms with Crippen LogP contribution < -0.4 is 21.9 Å². The fraction of sp³-hybridized carbons (Fsp3) is 0.286. The standard InChI is InChI=1S/C21H23N7O/c22-13-5-1-2-6-14(13)26-17-10-16-18(21(29)25-11-24-16)20(28-17)27-15-7-3-4-12-8-9-23-19(12)15/h3-4,7-11,13-14,23H,1-2,5-6,22H2,(H,24,25,29)(H2,26,27,28)/p+1/t13-,14+/m0/s1. The number of fused-ring (bicyclic) bond motifs is 2. The normalized spacial score (nSPS) is 19.5. The molecule has 0 unspecified atom stereocenters. The summed E-state index contributed by atoms with van der Waals surface area (Å²) in [6.45, 7) is 0. The summed E-state index contributed by atoms with van der Waals surface area (Å²) in [7, 11) is 0. The molecule has 4 aromatic rings. The zero-order valence-electron chi connectivity index (χ0n) is 16.0. The SMILES string of the molecule is [NH3+][C@H]1CCCC[C@H]1Nc1cc2nc[nH]c(=O)c2c(Nc2cccc3cc[nH]c23)n1. The van der Waals surface area contributed by atoms with E-state index in [1.54, 1.807) is 0 Å². The number of hydrogen-bond acceptors (Lipinski definition) is 5. The lowest BCUT2D eigenvalue weighted by molar-refractivity contribution is -0.427. The maximum absolute atomic E-state index is 12.5. The second kappa shape index (κ2) is 7.21. The van der Waals surface area contributed by atoms with E-state index in [0.29, 0.717) is 28.6 Å². The monoisotopic (exact) mass is 390 g/mol. The number of para-hydroxylation sites is 1. The first kappa shape index (κ1) is 17.7. The number of rotatable bonds is 4. The van der Waals surface area contributed by atoms with Gasteiger partial charge in [-0.3, -0.25) is 4.79 Å².